The number of carbonyl (C=O) groups is 1. The van der Waals surface area contributed by atoms with Crippen LogP contribution in [0.15, 0.2) is 71.0 Å². The summed E-state index contributed by atoms with van der Waals surface area (Å²) < 4.78 is 5.40. The molecule has 1 atom stereocenters. The summed E-state index contributed by atoms with van der Waals surface area (Å²) in [6.45, 7) is 4.13. The van der Waals surface area contributed by atoms with E-state index in [4.69, 9.17) is 4.74 Å². The van der Waals surface area contributed by atoms with Crippen molar-refractivity contribution in [2.24, 2.45) is 0 Å². The van der Waals surface area contributed by atoms with Crippen LogP contribution in [-0.2, 0) is 9.53 Å². The van der Waals surface area contributed by atoms with Crippen molar-refractivity contribution in [1.29, 1.82) is 5.26 Å². The first kappa shape index (κ1) is 20.7. The van der Waals surface area contributed by atoms with E-state index in [1.807, 2.05) is 42.5 Å². The molecule has 6 heteroatoms. The molecule has 2 aromatic rings. The van der Waals surface area contributed by atoms with Crippen molar-refractivity contribution in [3.8, 4) is 6.07 Å². The number of nitrogens with zero attached hydrogens (tertiary/aromatic N) is 2. The van der Waals surface area contributed by atoms with E-state index in [1.54, 1.807) is 31.1 Å². The largest absolute Gasteiger partial charge is 0.463 e. The third kappa shape index (κ3) is 4.52. The highest BCUT2D eigenvalue weighted by Crippen LogP contribution is 2.43. The topological polar surface area (TPSA) is 75.0 Å². The molecule has 1 aliphatic rings. The van der Waals surface area contributed by atoms with Gasteiger partial charge in [-0.2, -0.15) is 5.26 Å². The SMILES string of the molecule is CCCSC1=C(C#N)[C@H](c2cccnc2)C(C(=O)OCC)=C(c2ccccc2)N1. The molecule has 0 fully saturated rings. The third-order valence-corrected chi connectivity index (χ3v) is 5.70. The van der Waals surface area contributed by atoms with Crippen LogP contribution in [0.3, 0.4) is 0 Å². The van der Waals surface area contributed by atoms with Crippen LogP contribution in [0.25, 0.3) is 5.70 Å². The number of aromatic nitrogens is 1. The van der Waals surface area contributed by atoms with E-state index in [2.05, 4.69) is 23.3 Å². The van der Waals surface area contributed by atoms with Crippen molar-refractivity contribution >= 4 is 23.4 Å². The Morgan fingerprint density at radius 1 is 1.24 bits per heavy atom. The lowest BCUT2D eigenvalue weighted by Gasteiger charge is -2.30. The number of thioether (sulfide) groups is 1. The smallest absolute Gasteiger partial charge is 0.337 e. The lowest BCUT2D eigenvalue weighted by atomic mass is 9.82. The van der Waals surface area contributed by atoms with Crippen LogP contribution >= 0.6 is 11.8 Å². The van der Waals surface area contributed by atoms with Gasteiger partial charge in [-0.1, -0.05) is 43.3 Å². The highest BCUT2D eigenvalue weighted by Gasteiger charge is 2.37. The highest BCUT2D eigenvalue weighted by molar-refractivity contribution is 8.03. The molecule has 0 aliphatic carbocycles. The molecular weight excluding hydrogens is 382 g/mol. The molecule has 0 amide bonds. The van der Waals surface area contributed by atoms with Gasteiger partial charge < -0.3 is 10.1 Å². The summed E-state index contributed by atoms with van der Waals surface area (Å²) >= 11 is 1.59. The normalized spacial score (nSPS) is 16.2. The first-order valence-corrected chi connectivity index (χ1v) is 10.6. The first-order chi connectivity index (χ1) is 14.2. The Morgan fingerprint density at radius 2 is 2.03 bits per heavy atom. The van der Waals surface area contributed by atoms with E-state index < -0.39 is 11.9 Å². The number of hydrogen-bond acceptors (Lipinski definition) is 6. The molecule has 0 saturated heterocycles. The van der Waals surface area contributed by atoms with Crippen molar-refractivity contribution in [3.05, 3.63) is 82.2 Å². The number of carbonyl (C=O) groups excluding carboxylic acids is 1. The number of pyridine rings is 1. The maximum Gasteiger partial charge on any atom is 0.337 e. The fraction of sp³-hybridized carbons (Fsp3) is 0.261. The molecule has 5 nitrogen and oxygen atoms in total. The molecule has 29 heavy (non-hydrogen) atoms. The lowest BCUT2D eigenvalue weighted by Crippen LogP contribution is -2.29. The van der Waals surface area contributed by atoms with Crippen molar-refractivity contribution < 1.29 is 9.53 Å². The van der Waals surface area contributed by atoms with Crippen LogP contribution in [0.2, 0.25) is 0 Å². The van der Waals surface area contributed by atoms with Gasteiger partial charge >= 0.3 is 5.97 Å². The van der Waals surface area contributed by atoms with E-state index in [0.29, 0.717) is 16.8 Å². The number of allylic oxidation sites excluding steroid dienone is 1. The maximum atomic E-state index is 13.1. The predicted octanol–water partition coefficient (Wildman–Crippen LogP) is 4.62. The molecule has 0 radical (unpaired) electrons. The van der Waals surface area contributed by atoms with Gasteiger partial charge in [0.15, 0.2) is 0 Å². The van der Waals surface area contributed by atoms with Crippen LogP contribution in [0.1, 0.15) is 37.3 Å². The minimum Gasteiger partial charge on any atom is -0.463 e. The summed E-state index contributed by atoms with van der Waals surface area (Å²) in [6, 6.07) is 15.7. The lowest BCUT2D eigenvalue weighted by molar-refractivity contribution is -0.138. The molecule has 0 unspecified atom stereocenters. The van der Waals surface area contributed by atoms with Crippen molar-refractivity contribution in [2.45, 2.75) is 26.2 Å². The molecule has 0 spiro atoms. The molecule has 1 N–H and O–H groups in total. The van der Waals surface area contributed by atoms with Crippen LogP contribution in [-0.4, -0.2) is 23.3 Å². The number of nitriles is 1. The molecule has 3 rings (SSSR count). The number of rotatable bonds is 7. The van der Waals surface area contributed by atoms with E-state index in [0.717, 1.165) is 28.3 Å². The summed E-state index contributed by atoms with van der Waals surface area (Å²) in [5.41, 5.74) is 3.28. The Bertz CT molecular complexity index is 963. The number of hydrogen-bond donors (Lipinski definition) is 1. The number of esters is 1. The van der Waals surface area contributed by atoms with E-state index in [-0.39, 0.29) is 6.61 Å². The van der Waals surface area contributed by atoms with Crippen molar-refractivity contribution in [3.63, 3.8) is 0 Å². The average molecular weight is 406 g/mol. The zero-order chi connectivity index (χ0) is 20.6. The van der Waals surface area contributed by atoms with Gasteiger partial charge in [-0.3, -0.25) is 4.98 Å². The van der Waals surface area contributed by atoms with Crippen LogP contribution in [0, 0.1) is 11.3 Å². The number of benzene rings is 1. The molecule has 1 aromatic heterocycles. The highest BCUT2D eigenvalue weighted by atomic mass is 32.2. The van der Waals surface area contributed by atoms with Gasteiger partial charge in [0.2, 0.25) is 0 Å². The second-order valence-corrected chi connectivity index (χ2v) is 7.53. The van der Waals surface area contributed by atoms with E-state index >= 15 is 0 Å². The average Bonchev–Trinajstić information content (AvgIpc) is 2.77. The second-order valence-electron chi connectivity index (χ2n) is 6.42. The minimum absolute atomic E-state index is 0.257. The molecule has 0 saturated carbocycles. The van der Waals surface area contributed by atoms with Gasteiger partial charge in [-0.05, 0) is 36.3 Å². The quantitative estimate of drug-likeness (QED) is 0.678. The predicted molar refractivity (Wildman–Crippen MR) is 115 cm³/mol. The van der Waals surface area contributed by atoms with Crippen molar-refractivity contribution in [2.75, 3.05) is 12.4 Å². The standard InChI is InChI=1S/C23H23N3O2S/c1-3-13-29-22-18(14-24)19(17-11-8-12-25-15-17)20(23(27)28-4-2)21(26-22)16-9-6-5-7-10-16/h5-12,15,19,26H,3-4,13H2,1-2H3/t19-/m0/s1. The Balaban J connectivity index is 2.25. The molecule has 1 aromatic carbocycles. The maximum absolute atomic E-state index is 13.1. The summed E-state index contributed by atoms with van der Waals surface area (Å²) in [6.07, 6.45) is 4.36. The fourth-order valence-corrected chi connectivity index (χ4v) is 4.14. The first-order valence-electron chi connectivity index (χ1n) is 9.61. The van der Waals surface area contributed by atoms with Crippen LogP contribution in [0.5, 0.6) is 0 Å². The van der Waals surface area contributed by atoms with Gasteiger partial charge in [0.05, 0.1) is 40.5 Å². The van der Waals surface area contributed by atoms with Crippen molar-refractivity contribution in [1.82, 2.24) is 10.3 Å². The van der Waals surface area contributed by atoms with Gasteiger partial charge in [0.25, 0.3) is 0 Å². The monoisotopic (exact) mass is 405 g/mol. The summed E-state index contributed by atoms with van der Waals surface area (Å²) in [5.74, 6) is -0.104. The molecule has 0 bridgehead atoms. The molecular formula is C23H23N3O2S. The number of ether oxygens (including phenoxy) is 1. The number of nitrogens with one attached hydrogen (secondary N) is 1. The Hall–Kier alpha value is -3.04. The molecule has 2 heterocycles. The number of dihydropyridines is 1. The zero-order valence-corrected chi connectivity index (χ0v) is 17.3. The van der Waals surface area contributed by atoms with Crippen LogP contribution in [0.4, 0.5) is 0 Å². The summed E-state index contributed by atoms with van der Waals surface area (Å²) in [4.78, 5) is 17.3. The minimum atomic E-state index is -0.538. The summed E-state index contributed by atoms with van der Waals surface area (Å²) in [7, 11) is 0. The van der Waals surface area contributed by atoms with Gasteiger partial charge in [-0.25, -0.2) is 4.79 Å². The Labute approximate surface area is 175 Å². The van der Waals surface area contributed by atoms with Gasteiger partial charge in [-0.15, -0.1) is 11.8 Å². The van der Waals surface area contributed by atoms with Gasteiger partial charge in [0.1, 0.15) is 0 Å². The second kappa shape index (κ2) is 9.94. The summed E-state index contributed by atoms with van der Waals surface area (Å²) in [5, 5.41) is 14.2. The van der Waals surface area contributed by atoms with Crippen LogP contribution < -0.4 is 5.32 Å². The van der Waals surface area contributed by atoms with Gasteiger partial charge in [0, 0.05) is 12.4 Å². The van der Waals surface area contributed by atoms with E-state index in [1.165, 1.54) is 0 Å². The third-order valence-electron chi connectivity index (χ3n) is 4.48. The molecule has 148 valence electrons. The zero-order valence-electron chi connectivity index (χ0n) is 16.5. The Morgan fingerprint density at radius 3 is 2.66 bits per heavy atom. The molecule has 1 aliphatic heterocycles. The Kier molecular flexibility index (Phi) is 7.09. The fourth-order valence-electron chi connectivity index (χ4n) is 3.24. The van der Waals surface area contributed by atoms with E-state index in [9.17, 15) is 10.1 Å².